The summed E-state index contributed by atoms with van der Waals surface area (Å²) in [5.74, 6) is 1.39. The molecule has 0 amide bonds. The summed E-state index contributed by atoms with van der Waals surface area (Å²) in [6.07, 6.45) is 0. The fourth-order valence-electron chi connectivity index (χ4n) is 18.2. The zero-order chi connectivity index (χ0) is 61.4. The van der Waals surface area contributed by atoms with Gasteiger partial charge in [0, 0.05) is 45.2 Å². The first-order chi connectivity index (χ1) is 46.6. The van der Waals surface area contributed by atoms with Crippen LogP contribution in [0.3, 0.4) is 0 Å². The second-order valence-electron chi connectivity index (χ2n) is 26.1. The summed E-state index contributed by atoms with van der Waals surface area (Å²) in [5, 5.41) is 0. The van der Waals surface area contributed by atoms with E-state index in [2.05, 4.69) is 315 Å². The van der Waals surface area contributed by atoms with Gasteiger partial charge in [0.2, 0.25) is 0 Å². The molecular weight excluding hydrogens is 1140 g/mol. The Morgan fingerprint density at radius 3 is 0.830 bits per heavy atom. The van der Waals surface area contributed by atoms with Crippen LogP contribution in [-0.2, 0) is 10.8 Å². The van der Waals surface area contributed by atoms with Crippen LogP contribution in [0.2, 0.25) is 0 Å². The van der Waals surface area contributed by atoms with Crippen molar-refractivity contribution in [2.75, 3.05) is 0 Å². The maximum Gasteiger partial charge on any atom is 0.160 e. The molecule has 2 atom stereocenters. The molecule has 13 aromatic carbocycles. The summed E-state index contributed by atoms with van der Waals surface area (Å²) >= 11 is 0. The Labute approximate surface area is 545 Å². The average molecular weight is 1190 g/mol. The fraction of sp³-hybridized carbons (Fsp3) is 0.0444. The Morgan fingerprint density at radius 2 is 0.468 bits per heavy atom. The minimum absolute atomic E-state index is 0.00362. The molecule has 2 heterocycles. The Kier molecular flexibility index (Phi) is 10.6. The van der Waals surface area contributed by atoms with Gasteiger partial charge in [-0.15, -0.1) is 0 Å². The second-order valence-corrected chi connectivity index (χ2v) is 26.1. The molecule has 2 bridgehead atoms. The molecule has 22 rings (SSSR count). The maximum absolute atomic E-state index is 5.61. The van der Waals surface area contributed by atoms with E-state index in [1.54, 1.807) is 0 Å². The lowest BCUT2D eigenvalue weighted by Crippen LogP contribution is -2.27. The molecule has 0 saturated carbocycles. The smallest absolute Gasteiger partial charge is 0.160 e. The molecule has 0 saturated heterocycles. The minimum atomic E-state index is -0.548. The SMILES string of the molecule is c1ccc(-c2nc(-c3ccc4c(c3)C3c5ccccc5C4c4cc(-c5cc(-c6cccc7c6C6(c8ccccc8-c8ccccc86)c6ccccc6-7)nc(-c6ccccc6)n5)ccc43)cc(-c3cccc4c3C3(c5ccccc5-c5ccccc53)c3ccccc3-4)n2)cc1. The lowest BCUT2D eigenvalue weighted by Gasteiger charge is -2.42. The Balaban J connectivity index is 0.722. The molecule has 7 aliphatic carbocycles. The van der Waals surface area contributed by atoms with E-state index in [-0.39, 0.29) is 11.8 Å². The first-order valence-electron chi connectivity index (χ1n) is 32.8. The first kappa shape index (κ1) is 51.7. The quantitative estimate of drug-likeness (QED) is 0.166. The van der Waals surface area contributed by atoms with Gasteiger partial charge in [0.05, 0.1) is 33.6 Å². The standard InChI is InChI=1S/C90H54N4/c1-3-23-53(24-4-1)87-91-79(51-81(93-87)69-37-21-35-67-61-31-13-19-43-77(61)89(85(67)69)73-39-15-9-27-57(73)58-28-10-16-40-74(58)89)55-45-47-65-71(49-55)83-63-33-7-8-34-64(63)84(65)72-50-56(46-48-66(72)83)80-52-82(94-88(92-80)54-25-5-2-6-26-54)70-38-22-36-68-62-32-14-20-44-78(62)90(86(68)70)75-41-17-11-29-59(75)60-30-12-18-42-76(60)90/h1-52,83-84H. The van der Waals surface area contributed by atoms with Gasteiger partial charge in [-0.25, -0.2) is 19.9 Å². The third-order valence-electron chi connectivity index (χ3n) is 21.7. The number of nitrogens with zero attached hydrogens (tertiary/aromatic N) is 4. The highest BCUT2D eigenvalue weighted by molar-refractivity contribution is 6.01. The number of rotatable bonds is 6. The second kappa shape index (κ2) is 19.3. The highest BCUT2D eigenvalue weighted by Gasteiger charge is 2.55. The normalized spacial score (nSPS) is 15.6. The predicted molar refractivity (Wildman–Crippen MR) is 378 cm³/mol. The van der Waals surface area contributed by atoms with E-state index in [0.29, 0.717) is 11.6 Å². The molecule has 0 radical (unpaired) electrons. The van der Waals surface area contributed by atoms with E-state index in [4.69, 9.17) is 19.9 Å². The van der Waals surface area contributed by atoms with Gasteiger partial charge < -0.3 is 0 Å². The van der Waals surface area contributed by atoms with Crippen molar-refractivity contribution in [3.05, 3.63) is 393 Å². The van der Waals surface area contributed by atoms with Crippen molar-refractivity contribution >= 4 is 0 Å². The molecule has 434 valence electrons. The molecule has 4 heteroatoms. The van der Waals surface area contributed by atoms with Gasteiger partial charge in [0.25, 0.3) is 0 Å². The van der Waals surface area contributed by atoms with Gasteiger partial charge in [-0.3, -0.25) is 0 Å². The number of hydrogen-bond donors (Lipinski definition) is 0. The molecule has 7 aliphatic rings. The van der Waals surface area contributed by atoms with E-state index in [9.17, 15) is 0 Å². The Bertz CT molecular complexity index is 5300. The molecule has 4 nitrogen and oxygen atoms in total. The van der Waals surface area contributed by atoms with Crippen molar-refractivity contribution < 1.29 is 0 Å². The molecule has 0 N–H and O–H groups in total. The van der Waals surface area contributed by atoms with E-state index in [1.807, 2.05) is 0 Å². The summed E-state index contributed by atoms with van der Waals surface area (Å²) < 4.78 is 0. The van der Waals surface area contributed by atoms with Gasteiger partial charge in [0.15, 0.2) is 11.6 Å². The van der Waals surface area contributed by atoms with Crippen LogP contribution in [0.15, 0.2) is 315 Å². The highest BCUT2D eigenvalue weighted by Crippen LogP contribution is 2.67. The Hall–Kier alpha value is -12.0. The van der Waals surface area contributed by atoms with Crippen LogP contribution in [0, 0.1) is 0 Å². The van der Waals surface area contributed by atoms with Crippen LogP contribution in [0.4, 0.5) is 0 Å². The third kappa shape index (κ3) is 6.80. The van der Waals surface area contributed by atoms with E-state index in [1.165, 1.54) is 122 Å². The minimum Gasteiger partial charge on any atom is -0.228 e. The van der Waals surface area contributed by atoms with Gasteiger partial charge in [-0.1, -0.05) is 291 Å². The molecular formula is C90H54N4. The first-order valence-corrected chi connectivity index (χ1v) is 32.8. The van der Waals surface area contributed by atoms with Crippen molar-refractivity contribution in [2.45, 2.75) is 22.7 Å². The summed E-state index contributed by atoms with van der Waals surface area (Å²) in [6, 6.07) is 117. The number of benzene rings is 13. The highest BCUT2D eigenvalue weighted by atomic mass is 14.9. The predicted octanol–water partition coefficient (Wildman–Crippen LogP) is 20.9. The lowest BCUT2D eigenvalue weighted by molar-refractivity contribution is 0.755. The van der Waals surface area contributed by atoms with Gasteiger partial charge in [0.1, 0.15) is 0 Å². The fourth-order valence-corrected chi connectivity index (χ4v) is 18.2. The molecule has 2 unspecified atom stereocenters. The summed E-state index contributed by atoms with van der Waals surface area (Å²) in [7, 11) is 0. The number of fused-ring (bicyclic) bond motifs is 20. The van der Waals surface area contributed by atoms with Crippen LogP contribution in [0.25, 0.3) is 112 Å². The van der Waals surface area contributed by atoms with E-state index >= 15 is 0 Å². The van der Waals surface area contributed by atoms with Crippen molar-refractivity contribution in [1.29, 1.82) is 0 Å². The van der Waals surface area contributed by atoms with Crippen molar-refractivity contribution in [3.63, 3.8) is 0 Å². The Morgan fingerprint density at radius 1 is 0.191 bits per heavy atom. The monoisotopic (exact) mass is 1190 g/mol. The average Bonchev–Trinajstić information content (AvgIpc) is 1.51. The van der Waals surface area contributed by atoms with E-state index in [0.717, 1.165) is 56.2 Å². The maximum atomic E-state index is 5.61. The molecule has 94 heavy (non-hydrogen) atoms. The van der Waals surface area contributed by atoms with Crippen LogP contribution in [0.1, 0.15) is 89.7 Å². The van der Waals surface area contributed by atoms with Crippen LogP contribution in [0.5, 0.6) is 0 Å². The van der Waals surface area contributed by atoms with Crippen molar-refractivity contribution in [2.24, 2.45) is 0 Å². The largest absolute Gasteiger partial charge is 0.228 e. The zero-order valence-electron chi connectivity index (χ0n) is 51.0. The summed E-state index contributed by atoms with van der Waals surface area (Å²) in [4.78, 5) is 22.3. The third-order valence-corrected chi connectivity index (χ3v) is 21.7. The number of hydrogen-bond acceptors (Lipinski definition) is 4. The van der Waals surface area contributed by atoms with Gasteiger partial charge in [-0.05, 0) is 147 Å². The van der Waals surface area contributed by atoms with Crippen LogP contribution >= 0.6 is 0 Å². The van der Waals surface area contributed by atoms with Crippen LogP contribution < -0.4 is 0 Å². The molecule has 0 aliphatic heterocycles. The molecule has 15 aromatic rings. The summed E-state index contributed by atoms with van der Waals surface area (Å²) in [5.41, 5.74) is 37.2. The molecule has 2 spiro atoms. The topological polar surface area (TPSA) is 51.6 Å². The van der Waals surface area contributed by atoms with Crippen LogP contribution in [-0.4, -0.2) is 19.9 Å². The molecule has 0 fully saturated rings. The number of aromatic nitrogens is 4. The van der Waals surface area contributed by atoms with Gasteiger partial charge >= 0.3 is 0 Å². The molecule has 2 aromatic heterocycles. The lowest BCUT2D eigenvalue weighted by atomic mass is 9.60. The van der Waals surface area contributed by atoms with Crippen molar-refractivity contribution in [1.82, 2.24) is 19.9 Å². The van der Waals surface area contributed by atoms with Gasteiger partial charge in [-0.2, -0.15) is 0 Å². The van der Waals surface area contributed by atoms with Crippen molar-refractivity contribution in [3.8, 4) is 112 Å². The van der Waals surface area contributed by atoms with E-state index < -0.39 is 10.8 Å². The zero-order valence-corrected chi connectivity index (χ0v) is 51.0. The summed E-state index contributed by atoms with van der Waals surface area (Å²) in [6.45, 7) is 0.